The van der Waals surface area contributed by atoms with Crippen LogP contribution in [-0.4, -0.2) is 42.7 Å². The van der Waals surface area contributed by atoms with Crippen molar-refractivity contribution in [3.05, 3.63) is 54.3 Å². The minimum atomic E-state index is -0.213. The lowest BCUT2D eigenvalue weighted by Gasteiger charge is -2.36. The van der Waals surface area contributed by atoms with Crippen LogP contribution in [0.1, 0.15) is 0 Å². The van der Waals surface area contributed by atoms with Crippen LogP contribution in [0, 0.1) is 5.82 Å². The van der Waals surface area contributed by atoms with Crippen molar-refractivity contribution in [2.45, 2.75) is 4.90 Å². The molecule has 1 aliphatic heterocycles. The first-order chi connectivity index (χ1) is 11.6. The Morgan fingerprint density at radius 2 is 1.83 bits per heavy atom. The topological polar surface area (TPSA) is 49.6 Å². The predicted molar refractivity (Wildman–Crippen MR) is 96.8 cm³/mol. The molecule has 2 aromatic carbocycles. The maximum atomic E-state index is 13.8. The van der Waals surface area contributed by atoms with Crippen LogP contribution in [0.5, 0.6) is 0 Å². The summed E-state index contributed by atoms with van der Waals surface area (Å²) in [4.78, 5) is 17.2. The third-order valence-corrected chi connectivity index (χ3v) is 5.02. The number of hydrogen-bond donors (Lipinski definition) is 1. The number of nitrogens with two attached hydrogens (primary N) is 1. The predicted octanol–water partition coefficient (Wildman–Crippen LogP) is 2.85. The Morgan fingerprint density at radius 1 is 1.08 bits per heavy atom. The molecule has 0 saturated carbocycles. The van der Waals surface area contributed by atoms with Crippen molar-refractivity contribution >= 4 is 29.0 Å². The number of piperazine rings is 1. The number of anilines is 2. The molecule has 2 N–H and O–H groups in total. The number of halogens is 1. The molecule has 1 saturated heterocycles. The highest BCUT2D eigenvalue weighted by Gasteiger charge is 2.22. The number of nitrogens with zero attached hydrogens (tertiary/aromatic N) is 2. The molecular formula is C18H20FN3OS. The van der Waals surface area contributed by atoms with Crippen LogP contribution >= 0.6 is 11.8 Å². The number of hydrogen-bond acceptors (Lipinski definition) is 4. The van der Waals surface area contributed by atoms with Crippen LogP contribution in [0.25, 0.3) is 0 Å². The van der Waals surface area contributed by atoms with E-state index in [1.165, 1.54) is 17.8 Å². The average Bonchev–Trinajstić information content (AvgIpc) is 2.60. The van der Waals surface area contributed by atoms with E-state index in [4.69, 9.17) is 5.73 Å². The second-order valence-electron chi connectivity index (χ2n) is 5.68. The first-order valence-electron chi connectivity index (χ1n) is 7.89. The molecular weight excluding hydrogens is 325 g/mol. The second kappa shape index (κ2) is 7.57. The highest BCUT2D eigenvalue weighted by molar-refractivity contribution is 8.00. The minimum absolute atomic E-state index is 0.107. The fourth-order valence-corrected chi connectivity index (χ4v) is 3.61. The van der Waals surface area contributed by atoms with Crippen molar-refractivity contribution in [1.29, 1.82) is 0 Å². The number of carbonyl (C=O) groups is 1. The zero-order chi connectivity index (χ0) is 16.9. The molecule has 0 radical (unpaired) electrons. The van der Waals surface area contributed by atoms with Crippen LogP contribution < -0.4 is 10.6 Å². The maximum absolute atomic E-state index is 13.8. The standard InChI is InChI=1S/C18H20FN3OS/c19-16-6-1-2-7-17(16)21-8-10-22(11-9-21)18(23)13-24-15-5-3-4-14(20)12-15/h1-7,12H,8-11,13,20H2. The summed E-state index contributed by atoms with van der Waals surface area (Å²) in [5.74, 6) is 0.286. The summed E-state index contributed by atoms with van der Waals surface area (Å²) >= 11 is 1.49. The van der Waals surface area contributed by atoms with Crippen LogP contribution in [0.4, 0.5) is 15.8 Å². The summed E-state index contributed by atoms with van der Waals surface area (Å²) in [5.41, 5.74) is 7.06. The van der Waals surface area contributed by atoms with E-state index >= 15 is 0 Å². The number of carbonyl (C=O) groups excluding carboxylic acids is 1. The van der Waals surface area contributed by atoms with Crippen LogP contribution in [0.15, 0.2) is 53.4 Å². The van der Waals surface area contributed by atoms with Gasteiger partial charge in [0, 0.05) is 36.8 Å². The third kappa shape index (κ3) is 4.00. The zero-order valence-electron chi connectivity index (χ0n) is 13.3. The molecule has 24 heavy (non-hydrogen) atoms. The largest absolute Gasteiger partial charge is 0.399 e. The number of nitrogen functional groups attached to an aromatic ring is 1. The maximum Gasteiger partial charge on any atom is 0.233 e. The van der Waals surface area contributed by atoms with E-state index in [-0.39, 0.29) is 11.7 Å². The molecule has 2 aromatic rings. The molecule has 4 nitrogen and oxygen atoms in total. The molecule has 1 fully saturated rings. The lowest BCUT2D eigenvalue weighted by molar-refractivity contribution is -0.128. The number of rotatable bonds is 4. The summed E-state index contributed by atoms with van der Waals surface area (Å²) in [6.45, 7) is 2.53. The number of thioether (sulfide) groups is 1. The zero-order valence-corrected chi connectivity index (χ0v) is 14.1. The quantitative estimate of drug-likeness (QED) is 0.684. The van der Waals surface area contributed by atoms with Crippen molar-refractivity contribution in [3.8, 4) is 0 Å². The molecule has 1 heterocycles. The summed E-state index contributed by atoms with van der Waals surface area (Å²) < 4.78 is 13.8. The van der Waals surface area contributed by atoms with Gasteiger partial charge in [0.2, 0.25) is 5.91 Å². The van der Waals surface area contributed by atoms with Gasteiger partial charge < -0.3 is 15.5 Å². The highest BCUT2D eigenvalue weighted by atomic mass is 32.2. The van der Waals surface area contributed by atoms with Crippen molar-refractivity contribution in [1.82, 2.24) is 4.90 Å². The Balaban J connectivity index is 1.51. The monoisotopic (exact) mass is 345 g/mol. The van der Waals surface area contributed by atoms with Gasteiger partial charge in [0.25, 0.3) is 0 Å². The minimum Gasteiger partial charge on any atom is -0.399 e. The summed E-state index contributed by atoms with van der Waals surface area (Å²) in [5, 5.41) is 0. The van der Waals surface area contributed by atoms with E-state index in [9.17, 15) is 9.18 Å². The van der Waals surface area contributed by atoms with Crippen LogP contribution in [0.2, 0.25) is 0 Å². The summed E-state index contributed by atoms with van der Waals surface area (Å²) in [6, 6.07) is 14.3. The van der Waals surface area contributed by atoms with Gasteiger partial charge in [0.05, 0.1) is 11.4 Å². The van der Waals surface area contributed by atoms with Gasteiger partial charge in [-0.3, -0.25) is 4.79 Å². The average molecular weight is 345 g/mol. The summed E-state index contributed by atoms with van der Waals surface area (Å²) in [7, 11) is 0. The molecule has 126 valence electrons. The first kappa shape index (κ1) is 16.6. The van der Waals surface area contributed by atoms with E-state index in [1.54, 1.807) is 12.1 Å². The molecule has 0 aromatic heterocycles. The van der Waals surface area contributed by atoms with Gasteiger partial charge in [-0.1, -0.05) is 18.2 Å². The molecule has 1 aliphatic rings. The molecule has 0 spiro atoms. The van der Waals surface area contributed by atoms with Gasteiger partial charge in [-0.2, -0.15) is 0 Å². The van der Waals surface area contributed by atoms with Gasteiger partial charge in [-0.05, 0) is 30.3 Å². The van der Waals surface area contributed by atoms with Gasteiger partial charge >= 0.3 is 0 Å². The molecule has 1 amide bonds. The molecule has 0 aliphatic carbocycles. The van der Waals surface area contributed by atoms with E-state index < -0.39 is 0 Å². The molecule has 3 rings (SSSR count). The van der Waals surface area contributed by atoms with Gasteiger partial charge in [-0.15, -0.1) is 11.8 Å². The van der Waals surface area contributed by atoms with Crippen LogP contribution in [-0.2, 0) is 4.79 Å². The first-order valence-corrected chi connectivity index (χ1v) is 8.87. The molecule has 6 heteroatoms. The molecule has 0 atom stereocenters. The van der Waals surface area contributed by atoms with E-state index in [2.05, 4.69) is 0 Å². The smallest absolute Gasteiger partial charge is 0.233 e. The van der Waals surface area contributed by atoms with Crippen molar-refractivity contribution in [3.63, 3.8) is 0 Å². The van der Waals surface area contributed by atoms with E-state index in [0.717, 1.165) is 4.90 Å². The Morgan fingerprint density at radius 3 is 2.54 bits per heavy atom. The fourth-order valence-electron chi connectivity index (χ4n) is 2.75. The van der Waals surface area contributed by atoms with E-state index in [1.807, 2.05) is 40.1 Å². The number of amides is 1. The lowest BCUT2D eigenvalue weighted by Crippen LogP contribution is -2.49. The van der Waals surface area contributed by atoms with Crippen molar-refractivity contribution < 1.29 is 9.18 Å². The Bertz CT molecular complexity index is 717. The van der Waals surface area contributed by atoms with Gasteiger partial charge in [0.15, 0.2) is 0 Å². The third-order valence-electron chi connectivity index (χ3n) is 4.05. The van der Waals surface area contributed by atoms with Gasteiger partial charge in [0.1, 0.15) is 5.82 Å². The summed E-state index contributed by atoms with van der Waals surface area (Å²) in [6.07, 6.45) is 0. The number of para-hydroxylation sites is 1. The number of benzene rings is 2. The molecule has 0 bridgehead atoms. The van der Waals surface area contributed by atoms with Gasteiger partial charge in [-0.25, -0.2) is 4.39 Å². The van der Waals surface area contributed by atoms with E-state index in [0.29, 0.717) is 43.3 Å². The fraction of sp³-hybridized carbons (Fsp3) is 0.278. The normalized spacial score (nSPS) is 14.7. The van der Waals surface area contributed by atoms with Crippen molar-refractivity contribution in [2.24, 2.45) is 0 Å². The lowest BCUT2D eigenvalue weighted by atomic mass is 10.2. The van der Waals surface area contributed by atoms with Crippen LogP contribution in [0.3, 0.4) is 0 Å². The SMILES string of the molecule is Nc1cccc(SCC(=O)N2CCN(c3ccccc3F)CC2)c1. The second-order valence-corrected chi connectivity index (χ2v) is 6.73. The Kier molecular flexibility index (Phi) is 5.25. The molecule has 0 unspecified atom stereocenters. The Labute approximate surface area is 145 Å². The van der Waals surface area contributed by atoms with Crippen molar-refractivity contribution in [2.75, 3.05) is 42.6 Å². The highest BCUT2D eigenvalue weighted by Crippen LogP contribution is 2.22. The Hall–Kier alpha value is -2.21.